The zero-order valence-corrected chi connectivity index (χ0v) is 9.76. The molecule has 1 heterocycles. The van der Waals surface area contributed by atoms with E-state index < -0.39 is 5.54 Å². The molecule has 0 aliphatic carbocycles. The van der Waals surface area contributed by atoms with Gasteiger partial charge in [0.25, 0.3) is 0 Å². The third-order valence-electron chi connectivity index (χ3n) is 2.61. The van der Waals surface area contributed by atoms with Crippen LogP contribution in [0.5, 0.6) is 0 Å². The predicted octanol–water partition coefficient (Wildman–Crippen LogP) is 3.19. The lowest BCUT2D eigenvalue weighted by Crippen LogP contribution is -2.28. The van der Waals surface area contributed by atoms with Crippen LogP contribution >= 0.6 is 0 Å². The molecule has 16 heavy (non-hydrogen) atoms. The van der Waals surface area contributed by atoms with Gasteiger partial charge in [-0.1, -0.05) is 18.2 Å². The monoisotopic (exact) mass is 213 g/mol. The first-order valence-corrected chi connectivity index (χ1v) is 5.30. The van der Waals surface area contributed by atoms with Crippen molar-refractivity contribution >= 4 is 16.6 Å². The van der Waals surface area contributed by atoms with Crippen molar-refractivity contribution in [1.29, 1.82) is 5.26 Å². The standard InChI is InChI=1S/C13H15N3/c1-9-12(16-13(2,3)8-14)10-6-4-5-7-11(10)15-9/h4-7,15-16H,1-3H3. The van der Waals surface area contributed by atoms with Crippen LogP contribution in [-0.4, -0.2) is 10.5 Å². The van der Waals surface area contributed by atoms with Crippen molar-refractivity contribution in [3.8, 4) is 6.07 Å². The Hall–Kier alpha value is -1.95. The molecule has 2 N–H and O–H groups in total. The molecule has 1 aromatic heterocycles. The summed E-state index contributed by atoms with van der Waals surface area (Å²) in [6.45, 7) is 5.75. The molecular weight excluding hydrogens is 198 g/mol. The van der Waals surface area contributed by atoms with Crippen molar-refractivity contribution in [3.05, 3.63) is 30.0 Å². The highest BCUT2D eigenvalue weighted by molar-refractivity contribution is 5.94. The minimum Gasteiger partial charge on any atom is -0.366 e. The first-order valence-electron chi connectivity index (χ1n) is 5.30. The number of aromatic amines is 1. The van der Waals surface area contributed by atoms with Gasteiger partial charge < -0.3 is 10.3 Å². The number of fused-ring (bicyclic) bond motifs is 1. The van der Waals surface area contributed by atoms with E-state index in [9.17, 15) is 0 Å². The van der Waals surface area contributed by atoms with Crippen molar-refractivity contribution in [3.63, 3.8) is 0 Å². The fourth-order valence-electron chi connectivity index (χ4n) is 1.78. The molecular formula is C13H15N3. The average molecular weight is 213 g/mol. The van der Waals surface area contributed by atoms with Gasteiger partial charge in [0, 0.05) is 16.6 Å². The van der Waals surface area contributed by atoms with Crippen LogP contribution in [0.25, 0.3) is 10.9 Å². The summed E-state index contributed by atoms with van der Waals surface area (Å²) in [7, 11) is 0. The van der Waals surface area contributed by atoms with Crippen LogP contribution < -0.4 is 5.32 Å². The maximum Gasteiger partial charge on any atom is 0.119 e. The third-order valence-corrected chi connectivity index (χ3v) is 2.61. The van der Waals surface area contributed by atoms with Crippen LogP contribution in [0.15, 0.2) is 24.3 Å². The van der Waals surface area contributed by atoms with Crippen molar-refractivity contribution in [2.24, 2.45) is 0 Å². The lowest BCUT2D eigenvalue weighted by Gasteiger charge is -2.19. The Morgan fingerprint density at radius 1 is 1.31 bits per heavy atom. The van der Waals surface area contributed by atoms with Gasteiger partial charge in [0.15, 0.2) is 0 Å². The zero-order valence-electron chi connectivity index (χ0n) is 9.76. The Morgan fingerprint density at radius 3 is 2.69 bits per heavy atom. The smallest absolute Gasteiger partial charge is 0.119 e. The van der Waals surface area contributed by atoms with Crippen molar-refractivity contribution < 1.29 is 0 Å². The number of H-pyrrole nitrogens is 1. The van der Waals surface area contributed by atoms with Gasteiger partial charge in [-0.2, -0.15) is 5.26 Å². The van der Waals surface area contributed by atoms with Crippen molar-refractivity contribution in [2.75, 3.05) is 5.32 Å². The number of nitriles is 1. The summed E-state index contributed by atoms with van der Waals surface area (Å²) < 4.78 is 0. The molecule has 0 atom stereocenters. The third kappa shape index (κ3) is 1.74. The van der Waals surface area contributed by atoms with Crippen LogP contribution in [-0.2, 0) is 0 Å². The normalized spacial score (nSPS) is 11.4. The molecule has 0 aliphatic rings. The van der Waals surface area contributed by atoms with Crippen LogP contribution in [0.4, 0.5) is 5.69 Å². The van der Waals surface area contributed by atoms with Crippen molar-refractivity contribution in [1.82, 2.24) is 4.98 Å². The second-order valence-corrected chi connectivity index (χ2v) is 4.53. The summed E-state index contributed by atoms with van der Waals surface area (Å²) in [6, 6.07) is 10.3. The van der Waals surface area contributed by atoms with E-state index >= 15 is 0 Å². The van der Waals surface area contributed by atoms with Gasteiger partial charge in [-0.15, -0.1) is 0 Å². The fourth-order valence-corrected chi connectivity index (χ4v) is 1.78. The molecule has 3 nitrogen and oxygen atoms in total. The molecule has 2 aromatic rings. The SMILES string of the molecule is Cc1[nH]c2ccccc2c1NC(C)(C)C#N. The summed E-state index contributed by atoms with van der Waals surface area (Å²) in [6.07, 6.45) is 0. The van der Waals surface area contributed by atoms with Gasteiger partial charge >= 0.3 is 0 Å². The van der Waals surface area contributed by atoms with E-state index in [0.717, 1.165) is 22.3 Å². The Kier molecular flexibility index (Phi) is 2.35. The summed E-state index contributed by atoms with van der Waals surface area (Å²) in [5.41, 5.74) is 2.61. The molecule has 2 rings (SSSR count). The molecule has 3 heteroatoms. The molecule has 0 radical (unpaired) electrons. The van der Waals surface area contributed by atoms with E-state index in [1.807, 2.05) is 39.0 Å². The maximum atomic E-state index is 9.03. The molecule has 0 unspecified atom stereocenters. The Bertz CT molecular complexity index is 558. The highest BCUT2D eigenvalue weighted by Gasteiger charge is 2.19. The summed E-state index contributed by atoms with van der Waals surface area (Å²) in [5.74, 6) is 0. The molecule has 0 spiro atoms. The number of nitrogens with zero attached hydrogens (tertiary/aromatic N) is 1. The Balaban J connectivity index is 2.53. The van der Waals surface area contributed by atoms with E-state index in [-0.39, 0.29) is 0 Å². The van der Waals surface area contributed by atoms with E-state index in [0.29, 0.717) is 0 Å². The molecule has 82 valence electrons. The minimum atomic E-state index is -0.560. The van der Waals surface area contributed by atoms with Crippen LogP contribution in [0.3, 0.4) is 0 Å². The number of rotatable bonds is 2. The zero-order chi connectivity index (χ0) is 11.8. The fraction of sp³-hybridized carbons (Fsp3) is 0.308. The number of hydrogen-bond donors (Lipinski definition) is 2. The van der Waals surface area contributed by atoms with Crippen LogP contribution in [0.2, 0.25) is 0 Å². The number of nitrogens with one attached hydrogen (secondary N) is 2. The van der Waals surface area contributed by atoms with E-state index in [4.69, 9.17) is 5.26 Å². The molecule has 0 saturated heterocycles. The number of aryl methyl sites for hydroxylation is 1. The lowest BCUT2D eigenvalue weighted by atomic mass is 10.1. The highest BCUT2D eigenvalue weighted by atomic mass is 15.0. The van der Waals surface area contributed by atoms with Gasteiger partial charge in [0.1, 0.15) is 5.54 Å². The highest BCUT2D eigenvalue weighted by Crippen LogP contribution is 2.29. The Labute approximate surface area is 95.1 Å². The lowest BCUT2D eigenvalue weighted by molar-refractivity contribution is 0.729. The number of anilines is 1. The van der Waals surface area contributed by atoms with Crippen LogP contribution in [0, 0.1) is 18.3 Å². The average Bonchev–Trinajstić information content (AvgIpc) is 2.56. The second-order valence-electron chi connectivity index (χ2n) is 4.53. The van der Waals surface area contributed by atoms with Gasteiger partial charge in [-0.3, -0.25) is 0 Å². The van der Waals surface area contributed by atoms with Crippen LogP contribution in [0.1, 0.15) is 19.5 Å². The number of para-hydroxylation sites is 1. The predicted molar refractivity (Wildman–Crippen MR) is 66.4 cm³/mol. The van der Waals surface area contributed by atoms with E-state index in [2.05, 4.69) is 22.4 Å². The van der Waals surface area contributed by atoms with E-state index in [1.54, 1.807) is 0 Å². The summed E-state index contributed by atoms with van der Waals surface area (Å²) in [5, 5.41) is 13.4. The number of benzene rings is 1. The molecule has 1 aromatic carbocycles. The molecule has 0 amide bonds. The van der Waals surface area contributed by atoms with E-state index in [1.165, 1.54) is 0 Å². The summed E-state index contributed by atoms with van der Waals surface area (Å²) >= 11 is 0. The molecule has 0 fully saturated rings. The number of hydrogen-bond acceptors (Lipinski definition) is 2. The first-order chi connectivity index (χ1) is 7.53. The topological polar surface area (TPSA) is 51.6 Å². The summed E-state index contributed by atoms with van der Waals surface area (Å²) in [4.78, 5) is 3.30. The molecule has 0 bridgehead atoms. The van der Waals surface area contributed by atoms with Gasteiger partial charge in [-0.25, -0.2) is 0 Å². The quantitative estimate of drug-likeness (QED) is 0.804. The minimum absolute atomic E-state index is 0.560. The van der Waals surface area contributed by atoms with Gasteiger partial charge in [0.05, 0.1) is 11.8 Å². The van der Waals surface area contributed by atoms with Gasteiger partial charge in [0.2, 0.25) is 0 Å². The maximum absolute atomic E-state index is 9.03. The Morgan fingerprint density at radius 2 is 2.00 bits per heavy atom. The first kappa shape index (κ1) is 10.6. The largest absolute Gasteiger partial charge is 0.366 e. The van der Waals surface area contributed by atoms with Crippen molar-refractivity contribution in [2.45, 2.75) is 26.3 Å². The number of aromatic nitrogens is 1. The van der Waals surface area contributed by atoms with Gasteiger partial charge in [-0.05, 0) is 26.8 Å². The second kappa shape index (κ2) is 3.57. The molecule has 0 aliphatic heterocycles. The molecule has 0 saturated carbocycles.